The van der Waals surface area contributed by atoms with Crippen LogP contribution in [0.5, 0.6) is 0 Å². The Bertz CT molecular complexity index is 317. The molecule has 17 heavy (non-hydrogen) atoms. The molecule has 1 aromatic carbocycles. The molecule has 94 valence electrons. The minimum atomic E-state index is -0.366. The van der Waals surface area contributed by atoms with Crippen LogP contribution in [0.3, 0.4) is 0 Å². The molecule has 0 unspecified atom stereocenters. The number of hydrogen-bond acceptors (Lipinski definition) is 2. The molecule has 1 N–H and O–H groups in total. The second-order valence-corrected chi connectivity index (χ2v) is 5.05. The lowest BCUT2D eigenvalue weighted by Gasteiger charge is -2.31. The Morgan fingerprint density at radius 3 is 2.18 bits per heavy atom. The number of likely N-dealkylation sites (tertiary alicyclic amines) is 1. The Labute approximate surface area is 104 Å². The minimum Gasteiger partial charge on any atom is -0.387 e. The Hall–Kier alpha value is -0.860. The Balaban J connectivity index is 2.00. The summed E-state index contributed by atoms with van der Waals surface area (Å²) in [6, 6.07) is 10.2. The van der Waals surface area contributed by atoms with Gasteiger partial charge >= 0.3 is 0 Å². The van der Waals surface area contributed by atoms with Gasteiger partial charge in [-0.05, 0) is 38.4 Å². The lowest BCUT2D eigenvalue weighted by molar-refractivity contribution is 0.0598. The molecule has 2 atom stereocenters. The second kappa shape index (κ2) is 6.18. The summed E-state index contributed by atoms with van der Waals surface area (Å²) < 4.78 is 0. The normalized spacial score (nSPS) is 21.8. The second-order valence-electron chi connectivity index (χ2n) is 5.05. The van der Waals surface area contributed by atoms with Gasteiger partial charge < -0.3 is 5.11 Å². The molecule has 0 spiro atoms. The summed E-state index contributed by atoms with van der Waals surface area (Å²) in [6.07, 6.45) is 4.85. The summed E-state index contributed by atoms with van der Waals surface area (Å²) in [5.41, 5.74) is 1.03. The van der Waals surface area contributed by atoms with Crippen LogP contribution in [0.1, 0.15) is 44.3 Å². The van der Waals surface area contributed by atoms with E-state index in [1.54, 1.807) is 0 Å². The van der Waals surface area contributed by atoms with Crippen molar-refractivity contribution in [3.63, 3.8) is 0 Å². The maximum Gasteiger partial charge on any atom is 0.0942 e. The van der Waals surface area contributed by atoms with Crippen LogP contribution in [0.2, 0.25) is 0 Å². The van der Waals surface area contributed by atoms with Crippen molar-refractivity contribution in [2.75, 3.05) is 13.1 Å². The molecule has 1 aliphatic heterocycles. The first-order valence-electron chi connectivity index (χ1n) is 6.76. The average Bonchev–Trinajstić information content (AvgIpc) is 2.67. The monoisotopic (exact) mass is 233 g/mol. The zero-order valence-corrected chi connectivity index (χ0v) is 10.7. The lowest BCUT2D eigenvalue weighted by atomic mass is 10.0. The van der Waals surface area contributed by atoms with E-state index in [9.17, 15) is 5.11 Å². The first-order valence-corrected chi connectivity index (χ1v) is 6.76. The van der Waals surface area contributed by atoms with Crippen molar-refractivity contribution in [3.05, 3.63) is 35.9 Å². The van der Waals surface area contributed by atoms with Gasteiger partial charge in [-0.3, -0.25) is 4.90 Å². The number of aliphatic hydroxyl groups excluding tert-OH is 1. The molecule has 0 aliphatic carbocycles. The maximum absolute atomic E-state index is 10.4. The topological polar surface area (TPSA) is 23.5 Å². The first kappa shape index (κ1) is 12.6. The number of benzene rings is 1. The molecule has 1 aliphatic rings. The lowest BCUT2D eigenvalue weighted by Crippen LogP contribution is -2.38. The zero-order valence-electron chi connectivity index (χ0n) is 10.7. The predicted molar refractivity (Wildman–Crippen MR) is 70.9 cm³/mol. The molecule has 1 fully saturated rings. The van der Waals surface area contributed by atoms with Gasteiger partial charge in [-0.2, -0.15) is 0 Å². The molecule has 0 saturated carbocycles. The van der Waals surface area contributed by atoms with Gasteiger partial charge in [-0.1, -0.05) is 43.2 Å². The van der Waals surface area contributed by atoms with Crippen LogP contribution < -0.4 is 0 Å². The van der Waals surface area contributed by atoms with Gasteiger partial charge in [0.25, 0.3) is 0 Å². The highest BCUT2D eigenvalue weighted by Gasteiger charge is 2.23. The van der Waals surface area contributed by atoms with E-state index in [0.29, 0.717) is 0 Å². The van der Waals surface area contributed by atoms with Gasteiger partial charge in [0.1, 0.15) is 0 Å². The molecule has 0 amide bonds. The van der Waals surface area contributed by atoms with E-state index in [1.165, 1.54) is 25.7 Å². The number of rotatable bonds is 3. The Morgan fingerprint density at radius 1 is 1.00 bits per heavy atom. The third-order valence-electron chi connectivity index (χ3n) is 3.81. The van der Waals surface area contributed by atoms with Gasteiger partial charge in [0, 0.05) is 6.04 Å². The van der Waals surface area contributed by atoms with Crippen molar-refractivity contribution < 1.29 is 5.11 Å². The highest BCUT2D eigenvalue weighted by Crippen LogP contribution is 2.23. The van der Waals surface area contributed by atoms with Crippen molar-refractivity contribution in [3.8, 4) is 0 Å². The quantitative estimate of drug-likeness (QED) is 0.867. The Kier molecular flexibility index (Phi) is 4.57. The fourth-order valence-electron chi connectivity index (χ4n) is 2.63. The van der Waals surface area contributed by atoms with Crippen molar-refractivity contribution in [2.45, 2.75) is 44.8 Å². The molecule has 1 saturated heterocycles. The summed E-state index contributed by atoms with van der Waals surface area (Å²) in [6.45, 7) is 4.40. The van der Waals surface area contributed by atoms with Crippen molar-refractivity contribution >= 4 is 0 Å². The highest BCUT2D eigenvalue weighted by atomic mass is 16.3. The van der Waals surface area contributed by atoms with Crippen LogP contribution in [0, 0.1) is 0 Å². The van der Waals surface area contributed by atoms with Gasteiger partial charge in [0.15, 0.2) is 0 Å². The highest BCUT2D eigenvalue weighted by molar-refractivity contribution is 5.18. The molecule has 1 heterocycles. The fourth-order valence-corrected chi connectivity index (χ4v) is 2.63. The van der Waals surface area contributed by atoms with E-state index >= 15 is 0 Å². The number of nitrogens with zero attached hydrogens (tertiary/aromatic N) is 1. The summed E-state index contributed by atoms with van der Waals surface area (Å²) in [5.74, 6) is 0. The first-order chi connectivity index (χ1) is 8.29. The van der Waals surface area contributed by atoms with Crippen molar-refractivity contribution in [1.82, 2.24) is 4.90 Å². The van der Waals surface area contributed by atoms with Crippen LogP contribution in [-0.4, -0.2) is 29.1 Å². The van der Waals surface area contributed by atoms with E-state index in [-0.39, 0.29) is 12.1 Å². The Morgan fingerprint density at radius 2 is 1.59 bits per heavy atom. The van der Waals surface area contributed by atoms with Crippen molar-refractivity contribution in [2.24, 2.45) is 0 Å². The van der Waals surface area contributed by atoms with Crippen LogP contribution in [-0.2, 0) is 0 Å². The maximum atomic E-state index is 10.4. The summed E-state index contributed by atoms with van der Waals surface area (Å²) in [5, 5.41) is 10.4. The van der Waals surface area contributed by atoms with Gasteiger partial charge in [0.05, 0.1) is 6.10 Å². The minimum absolute atomic E-state index is 0.218. The molecule has 2 heteroatoms. The van der Waals surface area contributed by atoms with Crippen LogP contribution >= 0.6 is 0 Å². The van der Waals surface area contributed by atoms with Crippen molar-refractivity contribution in [1.29, 1.82) is 0 Å². The third kappa shape index (κ3) is 3.30. The van der Waals surface area contributed by atoms with Crippen LogP contribution in [0.25, 0.3) is 0 Å². The molecular weight excluding hydrogens is 210 g/mol. The molecule has 1 aromatic rings. The molecular formula is C15H23NO. The number of hydrogen-bond donors (Lipinski definition) is 1. The largest absolute Gasteiger partial charge is 0.387 e. The van der Waals surface area contributed by atoms with Gasteiger partial charge in [0.2, 0.25) is 0 Å². The summed E-state index contributed by atoms with van der Waals surface area (Å²) >= 11 is 0. The fraction of sp³-hybridized carbons (Fsp3) is 0.600. The average molecular weight is 233 g/mol. The van der Waals surface area contributed by atoms with E-state index < -0.39 is 0 Å². The third-order valence-corrected chi connectivity index (χ3v) is 3.81. The molecule has 0 bridgehead atoms. The molecule has 2 rings (SSSR count). The number of aliphatic hydroxyl groups is 1. The summed E-state index contributed by atoms with van der Waals surface area (Å²) in [7, 11) is 0. The molecule has 0 aromatic heterocycles. The van der Waals surface area contributed by atoms with Gasteiger partial charge in [-0.15, -0.1) is 0 Å². The van der Waals surface area contributed by atoms with E-state index in [1.807, 2.05) is 30.3 Å². The standard InChI is InChI=1S/C15H23NO/c1-13(16-11-7-2-3-8-12-16)15(17)14-9-5-4-6-10-14/h4-6,9-10,13,15,17H,2-3,7-8,11-12H2,1H3/t13-,15+/m0/s1. The van der Waals surface area contributed by atoms with E-state index in [2.05, 4.69) is 11.8 Å². The van der Waals surface area contributed by atoms with Crippen LogP contribution in [0.15, 0.2) is 30.3 Å². The SMILES string of the molecule is C[C@@H]([C@@H](O)c1ccccc1)N1CCCCCC1. The van der Waals surface area contributed by atoms with E-state index in [4.69, 9.17) is 0 Å². The van der Waals surface area contributed by atoms with Gasteiger partial charge in [-0.25, -0.2) is 0 Å². The van der Waals surface area contributed by atoms with Crippen LogP contribution in [0.4, 0.5) is 0 Å². The predicted octanol–water partition coefficient (Wildman–Crippen LogP) is 2.98. The molecule has 0 radical (unpaired) electrons. The molecule has 2 nitrogen and oxygen atoms in total. The summed E-state index contributed by atoms with van der Waals surface area (Å²) in [4.78, 5) is 2.44. The zero-order chi connectivity index (χ0) is 12.1. The van der Waals surface area contributed by atoms with E-state index in [0.717, 1.165) is 18.7 Å². The smallest absolute Gasteiger partial charge is 0.0942 e.